The maximum absolute atomic E-state index is 15.8. The first-order chi connectivity index (χ1) is 28.0. The molecule has 17 heteroatoms. The first-order valence-electron chi connectivity index (χ1n) is 18.5. The summed E-state index contributed by atoms with van der Waals surface area (Å²) in [7, 11) is -0.391. The molecule has 0 atom stereocenters. The zero-order chi connectivity index (χ0) is 46.4. The number of hydrogen-bond donors (Lipinski definition) is 0. The van der Waals surface area contributed by atoms with Crippen LogP contribution in [0.1, 0.15) is 79.0 Å². The van der Waals surface area contributed by atoms with Gasteiger partial charge in [-0.25, -0.2) is 65.9 Å². The van der Waals surface area contributed by atoms with Gasteiger partial charge in [0.15, 0.2) is 58.2 Å². The van der Waals surface area contributed by atoms with E-state index in [0.29, 0.717) is 15.5 Å². The molecule has 0 nitrogen and oxygen atoms in total. The van der Waals surface area contributed by atoms with E-state index in [4.69, 9.17) is 0 Å². The van der Waals surface area contributed by atoms with Crippen molar-refractivity contribution in [2.75, 3.05) is 0 Å². The van der Waals surface area contributed by atoms with Crippen LogP contribution in [0.2, 0.25) is 0 Å². The second kappa shape index (κ2) is 17.9. The minimum atomic E-state index is -5.07. The van der Waals surface area contributed by atoms with Gasteiger partial charge >= 0.3 is 0 Å². The molecule has 0 saturated carbocycles. The van der Waals surface area contributed by atoms with Crippen molar-refractivity contribution in [3.05, 3.63) is 165 Å². The lowest BCUT2D eigenvalue weighted by Gasteiger charge is -2.42. The molecule has 0 radical (unpaired) electrons. The quantitative estimate of drug-likeness (QED) is 0.0398. The van der Waals surface area contributed by atoms with E-state index >= 15 is 26.3 Å². The smallest absolute Gasteiger partial charge is 0.200 e. The van der Waals surface area contributed by atoms with Gasteiger partial charge in [-0.15, -0.1) is 10.9 Å². The summed E-state index contributed by atoms with van der Waals surface area (Å²) in [6, 6.07) is 11.4. The summed E-state index contributed by atoms with van der Waals surface area (Å²) < 4.78 is 225. The average molecular weight is 895 g/mol. The maximum Gasteiger partial charge on any atom is 0.200 e. The minimum Gasteiger partial charge on any atom is -0.207 e. The Bertz CT molecular complexity index is 2250. The zero-order valence-electron chi connectivity index (χ0n) is 34.2. The molecule has 0 spiro atoms. The SMILES string of the molecule is CC(C)(C)[PH+](C(C)(C)C)C(C)(C)C.Fc1c(F)c(F)c([BH-](C(=C(c2ccccc2)c2ccccc2)c2c(F)c(F)c(F)c(F)c2F)c2c(F)c(F)c(F)c(F)c2F)c(F)c1F. The highest BCUT2D eigenvalue weighted by Gasteiger charge is 2.49. The van der Waals surface area contributed by atoms with Crippen LogP contribution in [-0.4, -0.2) is 22.2 Å². The molecule has 5 rings (SSSR count). The van der Waals surface area contributed by atoms with Gasteiger partial charge in [-0.3, -0.25) is 0 Å². The van der Waals surface area contributed by atoms with Crippen molar-refractivity contribution < 1.29 is 65.9 Å². The predicted molar refractivity (Wildman–Crippen MR) is 211 cm³/mol. The largest absolute Gasteiger partial charge is 0.207 e. The standard InChI is InChI=1S/C32H11BF15.C12H27P/c34-18-14(19(35)25(41)30(46)24(18)40)15(13(11-7-3-1-4-8-11)12-9-5-2-6-10-12)33(16-20(36)26(42)31(47)27(43)21(16)37)17-22(38)28(44)32(48)29(45)23(17)39;1-10(2,3)13(11(4,5)6)12(7,8)9/h1-10,33H;1-9H3/q-1;/p+1. The summed E-state index contributed by atoms with van der Waals surface area (Å²) in [5.74, 6) is -43.1. The summed E-state index contributed by atoms with van der Waals surface area (Å²) in [6.45, 7) is 16.5. The Labute approximate surface area is 344 Å². The molecule has 0 aliphatic rings. The van der Waals surface area contributed by atoms with Crippen molar-refractivity contribution >= 4 is 36.6 Å². The van der Waals surface area contributed by atoms with Crippen LogP contribution in [0.4, 0.5) is 65.9 Å². The van der Waals surface area contributed by atoms with Crippen LogP contribution in [-0.2, 0) is 0 Å². The molecule has 0 aromatic heterocycles. The van der Waals surface area contributed by atoms with Gasteiger partial charge in [-0.1, -0.05) is 60.7 Å². The van der Waals surface area contributed by atoms with Crippen LogP contribution < -0.4 is 10.9 Å². The Morgan fingerprint density at radius 2 is 0.574 bits per heavy atom. The summed E-state index contributed by atoms with van der Waals surface area (Å²) >= 11 is 0. The Morgan fingerprint density at radius 1 is 0.344 bits per heavy atom. The third kappa shape index (κ3) is 9.39. The third-order valence-electron chi connectivity index (χ3n) is 9.85. The molecule has 0 bridgehead atoms. The van der Waals surface area contributed by atoms with Gasteiger partial charge in [-0.2, -0.15) is 5.47 Å². The molecule has 0 saturated heterocycles. The molecule has 0 fully saturated rings. The Balaban J connectivity index is 0.000000544. The third-order valence-corrected chi connectivity index (χ3v) is 14.4. The second-order valence-corrected chi connectivity index (χ2v) is 22.5. The monoisotopic (exact) mass is 894 g/mol. The number of halogens is 15. The van der Waals surface area contributed by atoms with Crippen LogP contribution >= 0.6 is 7.92 Å². The van der Waals surface area contributed by atoms with Crippen LogP contribution in [0.5, 0.6) is 0 Å². The lowest BCUT2D eigenvalue weighted by Crippen LogP contribution is -2.52. The van der Waals surface area contributed by atoms with Gasteiger partial charge in [0.2, 0.25) is 5.82 Å². The van der Waals surface area contributed by atoms with E-state index in [-0.39, 0.29) is 0 Å². The number of rotatable bonds is 6. The normalized spacial score (nSPS) is 12.2. The summed E-state index contributed by atoms with van der Waals surface area (Å²) in [4.78, 5) is 0. The molecule has 328 valence electrons. The van der Waals surface area contributed by atoms with Crippen molar-refractivity contribution in [2.24, 2.45) is 0 Å². The predicted octanol–water partition coefficient (Wildman–Crippen LogP) is 12.9. The molecule has 5 aromatic carbocycles. The second-order valence-electron chi connectivity index (χ2n) is 17.3. The fourth-order valence-electron chi connectivity index (χ4n) is 8.90. The van der Waals surface area contributed by atoms with Crippen molar-refractivity contribution in [1.29, 1.82) is 0 Å². The Kier molecular flexibility index (Phi) is 14.4. The summed E-state index contributed by atoms with van der Waals surface area (Å²) in [5, 5.41) is 1.46. The first kappa shape index (κ1) is 48.9. The Morgan fingerprint density at radius 3 is 0.803 bits per heavy atom. The molecule has 0 amide bonds. The van der Waals surface area contributed by atoms with E-state index in [2.05, 4.69) is 62.3 Å². The average Bonchev–Trinajstić information content (AvgIpc) is 3.17. The first-order valence-corrected chi connectivity index (χ1v) is 20.0. The molecule has 61 heavy (non-hydrogen) atoms. The molecule has 0 unspecified atom stereocenters. The van der Waals surface area contributed by atoms with Gasteiger partial charge in [0.05, 0.1) is 22.2 Å². The molecule has 0 heterocycles. The van der Waals surface area contributed by atoms with Crippen molar-refractivity contribution in [3.8, 4) is 0 Å². The van der Waals surface area contributed by atoms with E-state index in [1.165, 1.54) is 36.4 Å². The number of hydrogen-bond acceptors (Lipinski definition) is 0. The van der Waals surface area contributed by atoms with Gasteiger partial charge in [0, 0.05) is 13.5 Å². The molecular formula is C44H39BF15P. The highest BCUT2D eigenvalue weighted by atomic mass is 31.1. The van der Waals surface area contributed by atoms with Gasteiger partial charge in [0.25, 0.3) is 0 Å². The van der Waals surface area contributed by atoms with Crippen LogP contribution in [0.15, 0.2) is 60.7 Å². The van der Waals surface area contributed by atoms with E-state index in [0.717, 1.165) is 24.3 Å². The van der Waals surface area contributed by atoms with Crippen molar-refractivity contribution in [1.82, 2.24) is 0 Å². The minimum absolute atomic E-state index is 0.391. The molecule has 0 aliphatic carbocycles. The van der Waals surface area contributed by atoms with Crippen molar-refractivity contribution in [2.45, 2.75) is 77.8 Å². The maximum atomic E-state index is 15.8. The summed E-state index contributed by atoms with van der Waals surface area (Å²) in [6.07, 6.45) is 0. The molecule has 0 aliphatic heterocycles. The van der Waals surface area contributed by atoms with E-state index in [9.17, 15) is 39.5 Å². The molecule has 5 aromatic rings. The van der Waals surface area contributed by atoms with Crippen LogP contribution in [0.25, 0.3) is 11.0 Å². The van der Waals surface area contributed by atoms with Crippen LogP contribution in [0, 0.1) is 87.3 Å². The van der Waals surface area contributed by atoms with Gasteiger partial charge in [-0.05, 0) is 79.0 Å². The molecular weight excluding hydrogens is 855 g/mol. The Hall–Kier alpha value is -4.72. The van der Waals surface area contributed by atoms with Crippen molar-refractivity contribution in [3.63, 3.8) is 0 Å². The highest BCUT2D eigenvalue weighted by molar-refractivity contribution is 7.62. The number of benzene rings is 5. The van der Waals surface area contributed by atoms with Gasteiger partial charge < -0.3 is 0 Å². The lowest BCUT2D eigenvalue weighted by atomic mass is 9.33. The van der Waals surface area contributed by atoms with Crippen LogP contribution in [0.3, 0.4) is 0 Å². The van der Waals surface area contributed by atoms with E-state index in [1.807, 2.05) is 0 Å². The topological polar surface area (TPSA) is 0 Å². The van der Waals surface area contributed by atoms with Gasteiger partial charge in [0.1, 0.15) is 23.3 Å². The molecule has 0 N–H and O–H groups in total. The highest BCUT2D eigenvalue weighted by Crippen LogP contribution is 2.67. The summed E-state index contributed by atoms with van der Waals surface area (Å²) in [5.41, 5.74) is -10.5. The fourth-order valence-corrected chi connectivity index (χ4v) is 15.7. The lowest BCUT2D eigenvalue weighted by molar-refractivity contribution is 0.376. The van der Waals surface area contributed by atoms with E-state index < -0.39 is 141 Å². The van der Waals surface area contributed by atoms with E-state index in [1.54, 1.807) is 0 Å². The fraction of sp³-hybridized carbons (Fsp3) is 0.273. The zero-order valence-corrected chi connectivity index (χ0v) is 35.2.